The van der Waals surface area contributed by atoms with Crippen LogP contribution in [0.1, 0.15) is 24.0 Å². The average Bonchev–Trinajstić information content (AvgIpc) is 3.20. The number of hydrogen-bond acceptors (Lipinski definition) is 5. The quantitative estimate of drug-likeness (QED) is 0.423. The second-order valence-electron chi connectivity index (χ2n) is 9.91. The van der Waals surface area contributed by atoms with Gasteiger partial charge in [0.15, 0.2) is 0 Å². The Morgan fingerprint density at radius 2 is 1.50 bits per heavy atom. The summed E-state index contributed by atoms with van der Waals surface area (Å²) in [6.45, 7) is 1.38. The topological polar surface area (TPSA) is 102 Å². The van der Waals surface area contributed by atoms with Gasteiger partial charge in [-0.15, -0.1) is 0 Å². The second kappa shape index (κ2) is 11.3. The summed E-state index contributed by atoms with van der Waals surface area (Å²) < 4.78 is 5.61. The van der Waals surface area contributed by atoms with E-state index in [1.165, 1.54) is 4.90 Å². The van der Waals surface area contributed by atoms with Crippen molar-refractivity contribution in [2.75, 3.05) is 18.1 Å². The van der Waals surface area contributed by atoms with Crippen LogP contribution in [0.2, 0.25) is 0 Å². The maximum atomic E-state index is 14.0. The van der Waals surface area contributed by atoms with Crippen LogP contribution in [-0.2, 0) is 22.5 Å². The second-order valence-corrected chi connectivity index (χ2v) is 9.91. The van der Waals surface area contributed by atoms with Crippen LogP contribution < -0.4 is 10.2 Å². The molecule has 2 fully saturated rings. The first-order valence-corrected chi connectivity index (χ1v) is 13.0. The van der Waals surface area contributed by atoms with E-state index in [1.807, 2.05) is 71.6 Å². The molecule has 2 saturated heterocycles. The van der Waals surface area contributed by atoms with Gasteiger partial charge in [-0.05, 0) is 29.7 Å². The van der Waals surface area contributed by atoms with E-state index in [4.69, 9.17) is 4.74 Å². The lowest BCUT2D eigenvalue weighted by Crippen LogP contribution is -2.59. The molecule has 8 heteroatoms. The zero-order chi connectivity index (χ0) is 26.5. The first kappa shape index (κ1) is 25.9. The first-order chi connectivity index (χ1) is 18.5. The number of ether oxygens (including phenoxy) is 1. The van der Waals surface area contributed by atoms with Crippen LogP contribution in [0.5, 0.6) is 0 Å². The van der Waals surface area contributed by atoms with Gasteiger partial charge >= 0.3 is 6.09 Å². The van der Waals surface area contributed by atoms with E-state index in [2.05, 4.69) is 5.32 Å². The Labute approximate surface area is 222 Å². The molecule has 1 spiro atoms. The fourth-order valence-corrected chi connectivity index (χ4v) is 5.63. The van der Waals surface area contributed by atoms with Crippen LogP contribution >= 0.6 is 0 Å². The summed E-state index contributed by atoms with van der Waals surface area (Å²) in [6.07, 6.45) is -1.09. The minimum Gasteiger partial charge on any atom is -0.465 e. The van der Waals surface area contributed by atoms with E-state index >= 15 is 0 Å². The van der Waals surface area contributed by atoms with Gasteiger partial charge in [0.05, 0.1) is 31.0 Å². The minimum atomic E-state index is -1.31. The van der Waals surface area contributed by atoms with Gasteiger partial charge in [-0.1, -0.05) is 78.9 Å². The fourth-order valence-electron chi connectivity index (χ4n) is 5.63. The molecule has 3 N–H and O–H groups in total. The summed E-state index contributed by atoms with van der Waals surface area (Å²) in [4.78, 5) is 29.6. The van der Waals surface area contributed by atoms with E-state index in [0.29, 0.717) is 38.3 Å². The lowest BCUT2D eigenvalue weighted by atomic mass is 9.94. The zero-order valence-electron chi connectivity index (χ0n) is 21.1. The molecule has 0 aliphatic carbocycles. The number of rotatable bonds is 8. The van der Waals surface area contributed by atoms with Gasteiger partial charge < -0.3 is 19.8 Å². The van der Waals surface area contributed by atoms with E-state index in [-0.39, 0.29) is 12.3 Å². The van der Waals surface area contributed by atoms with Gasteiger partial charge in [0, 0.05) is 25.1 Å². The number of carbonyl (C=O) groups is 2. The third kappa shape index (κ3) is 5.29. The molecule has 0 radical (unpaired) electrons. The highest BCUT2D eigenvalue weighted by Gasteiger charge is 2.54. The molecule has 3 aromatic rings. The van der Waals surface area contributed by atoms with Crippen molar-refractivity contribution in [3.05, 3.63) is 102 Å². The lowest BCUT2D eigenvalue weighted by molar-refractivity contribution is -0.137. The molecule has 3 atom stereocenters. The number of hydrogen-bond donors (Lipinski definition) is 3. The maximum Gasteiger partial charge on any atom is 0.412 e. The summed E-state index contributed by atoms with van der Waals surface area (Å²) in [6, 6.07) is 26.0. The predicted octanol–water partition coefficient (Wildman–Crippen LogP) is 3.65. The molecule has 2 aliphatic heterocycles. The van der Waals surface area contributed by atoms with Gasteiger partial charge in [-0.3, -0.25) is 15.0 Å². The molecule has 198 valence electrons. The Bertz CT molecular complexity index is 1220. The third-order valence-corrected chi connectivity index (χ3v) is 7.57. The van der Waals surface area contributed by atoms with Crippen LogP contribution in [0.4, 0.5) is 10.5 Å². The molecule has 0 unspecified atom stereocenters. The first-order valence-electron chi connectivity index (χ1n) is 13.0. The molecular formula is C30H33N3O5. The Morgan fingerprint density at radius 3 is 2.08 bits per heavy atom. The Morgan fingerprint density at radius 1 is 0.947 bits per heavy atom. The van der Waals surface area contributed by atoms with Gasteiger partial charge in [0.25, 0.3) is 0 Å². The fraction of sp³-hybridized carbons (Fsp3) is 0.333. The monoisotopic (exact) mass is 515 g/mol. The van der Waals surface area contributed by atoms with Crippen molar-refractivity contribution in [1.29, 1.82) is 0 Å². The van der Waals surface area contributed by atoms with Crippen molar-refractivity contribution in [3.63, 3.8) is 0 Å². The smallest absolute Gasteiger partial charge is 0.412 e. The van der Waals surface area contributed by atoms with Crippen LogP contribution in [0.25, 0.3) is 0 Å². The molecule has 2 aliphatic rings. The lowest BCUT2D eigenvalue weighted by Gasteiger charge is -2.41. The number of carbonyl (C=O) groups excluding carboxylic acids is 1. The van der Waals surface area contributed by atoms with Gasteiger partial charge in [-0.25, -0.2) is 4.79 Å². The number of carboxylic acid groups (broad SMARTS) is 1. The Kier molecular flexibility index (Phi) is 7.74. The number of aliphatic hydroxyl groups is 1. The van der Waals surface area contributed by atoms with Crippen molar-refractivity contribution >= 4 is 17.7 Å². The van der Waals surface area contributed by atoms with Gasteiger partial charge in [0.2, 0.25) is 5.91 Å². The summed E-state index contributed by atoms with van der Waals surface area (Å²) in [5, 5.41) is 25.6. The zero-order valence-corrected chi connectivity index (χ0v) is 21.1. The summed E-state index contributed by atoms with van der Waals surface area (Å²) in [5.74, 6) is -0.236. The number of nitrogens with one attached hydrogen (secondary N) is 1. The minimum absolute atomic E-state index is 0.236. The van der Waals surface area contributed by atoms with Crippen molar-refractivity contribution in [2.45, 2.75) is 49.7 Å². The van der Waals surface area contributed by atoms with Crippen molar-refractivity contribution in [2.24, 2.45) is 0 Å². The average molecular weight is 516 g/mol. The van der Waals surface area contributed by atoms with E-state index in [0.717, 1.165) is 11.1 Å². The van der Waals surface area contributed by atoms with Gasteiger partial charge in [0.1, 0.15) is 6.04 Å². The summed E-state index contributed by atoms with van der Waals surface area (Å²) >= 11 is 0. The molecule has 3 aromatic carbocycles. The van der Waals surface area contributed by atoms with E-state index in [1.54, 1.807) is 24.3 Å². The Balaban J connectivity index is 1.51. The molecule has 0 aromatic heterocycles. The van der Waals surface area contributed by atoms with Crippen LogP contribution in [0.3, 0.4) is 0 Å². The van der Waals surface area contributed by atoms with Crippen molar-refractivity contribution in [1.82, 2.24) is 10.2 Å². The molecule has 38 heavy (non-hydrogen) atoms. The standard InChI is InChI=1S/C30H33N3O5/c34-27(25(20-22-10-4-1-5-11-22)33(29(36)37)24-14-8-3-9-15-24)26-28(35)32(21-23-12-6-2-7-13-23)30(31-26)16-18-38-19-17-30/h1-15,25-27,31,34H,16-21H2,(H,36,37)/t25-,26-,27+/m0/s1. The van der Waals surface area contributed by atoms with E-state index < -0.39 is 29.9 Å². The van der Waals surface area contributed by atoms with Gasteiger partial charge in [-0.2, -0.15) is 0 Å². The molecule has 2 heterocycles. The largest absolute Gasteiger partial charge is 0.465 e. The third-order valence-electron chi connectivity index (χ3n) is 7.57. The van der Waals surface area contributed by atoms with Crippen LogP contribution in [-0.4, -0.2) is 64.2 Å². The van der Waals surface area contributed by atoms with Crippen molar-refractivity contribution < 1.29 is 24.5 Å². The number of benzene rings is 3. The summed E-state index contributed by atoms with van der Waals surface area (Å²) in [7, 11) is 0. The van der Waals surface area contributed by atoms with Crippen molar-refractivity contribution in [3.8, 4) is 0 Å². The number of nitrogens with zero attached hydrogens (tertiary/aromatic N) is 2. The highest BCUT2D eigenvalue weighted by atomic mass is 16.5. The predicted molar refractivity (Wildman–Crippen MR) is 144 cm³/mol. The molecule has 0 saturated carbocycles. The number of amides is 2. The Hall–Kier alpha value is -3.72. The molecule has 0 bridgehead atoms. The molecule has 2 amide bonds. The number of aliphatic hydroxyl groups excluding tert-OH is 1. The van der Waals surface area contributed by atoms with Crippen LogP contribution in [0, 0.1) is 0 Å². The highest BCUT2D eigenvalue weighted by Crippen LogP contribution is 2.35. The molecule has 8 nitrogen and oxygen atoms in total. The highest BCUT2D eigenvalue weighted by molar-refractivity contribution is 5.89. The SMILES string of the molecule is O=C(O)N(c1ccccc1)[C@@H](Cc1ccccc1)[C@@H](O)[C@@H]1NC2(CCOCC2)N(Cc2ccccc2)C1=O. The number of anilines is 1. The van der Waals surface area contributed by atoms with Crippen LogP contribution in [0.15, 0.2) is 91.0 Å². The van der Waals surface area contributed by atoms with E-state index in [9.17, 15) is 19.8 Å². The normalized spacial score (nSPS) is 20.3. The summed E-state index contributed by atoms with van der Waals surface area (Å²) in [5.41, 5.74) is 1.62. The molecular weight excluding hydrogens is 482 g/mol. The molecule has 5 rings (SSSR count). The number of para-hydroxylation sites is 1. The maximum absolute atomic E-state index is 14.0.